The fourth-order valence-electron chi connectivity index (χ4n) is 1.76. The zero-order valence-corrected chi connectivity index (χ0v) is 10.5. The predicted octanol–water partition coefficient (Wildman–Crippen LogP) is 3.10. The van der Waals surface area contributed by atoms with Gasteiger partial charge in [-0.15, -0.1) is 0 Å². The second-order valence-electron chi connectivity index (χ2n) is 5.23. The van der Waals surface area contributed by atoms with Gasteiger partial charge in [0.1, 0.15) is 11.3 Å². The first-order chi connectivity index (χ1) is 8.32. The van der Waals surface area contributed by atoms with Crippen molar-refractivity contribution in [1.29, 1.82) is 0 Å². The summed E-state index contributed by atoms with van der Waals surface area (Å²) in [7, 11) is 0. The third-order valence-corrected chi connectivity index (χ3v) is 2.76. The van der Waals surface area contributed by atoms with Gasteiger partial charge in [-0.25, -0.2) is 13.8 Å². The van der Waals surface area contributed by atoms with E-state index in [0.717, 1.165) is 6.07 Å². The van der Waals surface area contributed by atoms with Gasteiger partial charge in [0.25, 0.3) is 0 Å². The number of hydrazine groups is 1. The molecular formula is C13H15F2N3. The average molecular weight is 251 g/mol. The van der Waals surface area contributed by atoms with Gasteiger partial charge in [-0.3, -0.25) is 5.84 Å². The van der Waals surface area contributed by atoms with Crippen molar-refractivity contribution >= 4 is 16.6 Å². The Morgan fingerprint density at radius 3 is 2.39 bits per heavy atom. The molecule has 1 aromatic heterocycles. The SMILES string of the molecule is CC(C)(C)c1cc(NN)c2cc(F)cc(F)c2n1. The molecule has 0 atom stereocenters. The molecule has 2 aromatic rings. The minimum atomic E-state index is -0.687. The van der Waals surface area contributed by atoms with Gasteiger partial charge in [0, 0.05) is 22.6 Å². The van der Waals surface area contributed by atoms with Crippen molar-refractivity contribution in [2.45, 2.75) is 26.2 Å². The van der Waals surface area contributed by atoms with Crippen LogP contribution in [0.1, 0.15) is 26.5 Å². The van der Waals surface area contributed by atoms with E-state index in [1.807, 2.05) is 20.8 Å². The van der Waals surface area contributed by atoms with Gasteiger partial charge >= 0.3 is 0 Å². The van der Waals surface area contributed by atoms with E-state index in [1.165, 1.54) is 6.07 Å². The molecule has 0 saturated carbocycles. The fraction of sp³-hybridized carbons (Fsp3) is 0.308. The van der Waals surface area contributed by atoms with E-state index in [4.69, 9.17) is 5.84 Å². The van der Waals surface area contributed by atoms with Crippen LogP contribution in [0, 0.1) is 11.6 Å². The number of fused-ring (bicyclic) bond motifs is 1. The number of nitrogen functional groups attached to an aromatic ring is 1. The molecule has 0 radical (unpaired) electrons. The highest BCUT2D eigenvalue weighted by Crippen LogP contribution is 2.30. The van der Waals surface area contributed by atoms with Crippen molar-refractivity contribution in [3.63, 3.8) is 0 Å². The lowest BCUT2D eigenvalue weighted by Crippen LogP contribution is -2.16. The summed E-state index contributed by atoms with van der Waals surface area (Å²) in [4.78, 5) is 4.26. The van der Waals surface area contributed by atoms with Gasteiger partial charge in [-0.05, 0) is 12.1 Å². The van der Waals surface area contributed by atoms with Gasteiger partial charge in [-0.1, -0.05) is 20.8 Å². The van der Waals surface area contributed by atoms with Crippen LogP contribution in [0.2, 0.25) is 0 Å². The molecule has 18 heavy (non-hydrogen) atoms. The molecule has 0 amide bonds. The van der Waals surface area contributed by atoms with E-state index in [1.54, 1.807) is 6.07 Å². The second-order valence-corrected chi connectivity index (χ2v) is 5.23. The lowest BCUT2D eigenvalue weighted by Gasteiger charge is -2.20. The summed E-state index contributed by atoms with van der Waals surface area (Å²) < 4.78 is 27.0. The van der Waals surface area contributed by atoms with Crippen LogP contribution in [-0.2, 0) is 5.41 Å². The molecule has 0 fully saturated rings. The highest BCUT2D eigenvalue weighted by Gasteiger charge is 2.19. The molecule has 5 heteroatoms. The van der Waals surface area contributed by atoms with Crippen molar-refractivity contribution in [3.8, 4) is 0 Å². The maximum Gasteiger partial charge on any atom is 0.152 e. The number of hydrogen-bond acceptors (Lipinski definition) is 3. The summed E-state index contributed by atoms with van der Waals surface area (Å²) in [5, 5.41) is 0.336. The van der Waals surface area contributed by atoms with Crippen molar-refractivity contribution in [2.24, 2.45) is 5.84 Å². The van der Waals surface area contributed by atoms with Crippen molar-refractivity contribution in [1.82, 2.24) is 4.98 Å². The number of nitrogens with zero attached hydrogens (tertiary/aromatic N) is 1. The zero-order valence-electron chi connectivity index (χ0n) is 10.5. The lowest BCUT2D eigenvalue weighted by atomic mass is 9.91. The molecule has 0 aliphatic heterocycles. The van der Waals surface area contributed by atoms with Gasteiger partial charge in [0.15, 0.2) is 5.82 Å². The Balaban J connectivity index is 2.84. The fourth-order valence-corrected chi connectivity index (χ4v) is 1.76. The van der Waals surface area contributed by atoms with E-state index < -0.39 is 11.6 Å². The average Bonchev–Trinajstić information content (AvgIpc) is 2.26. The molecule has 0 bridgehead atoms. The topological polar surface area (TPSA) is 50.9 Å². The number of benzene rings is 1. The molecule has 0 aliphatic rings. The first-order valence-corrected chi connectivity index (χ1v) is 5.60. The summed E-state index contributed by atoms with van der Waals surface area (Å²) in [6.07, 6.45) is 0. The highest BCUT2D eigenvalue weighted by atomic mass is 19.1. The van der Waals surface area contributed by atoms with Crippen LogP contribution in [0.5, 0.6) is 0 Å². The van der Waals surface area contributed by atoms with Crippen LogP contribution in [0.25, 0.3) is 10.9 Å². The number of anilines is 1. The molecule has 1 aromatic carbocycles. The molecule has 0 saturated heterocycles. The minimum Gasteiger partial charge on any atom is -0.323 e. The van der Waals surface area contributed by atoms with Gasteiger partial charge in [-0.2, -0.15) is 0 Å². The lowest BCUT2D eigenvalue weighted by molar-refractivity contribution is 0.566. The molecular weight excluding hydrogens is 236 g/mol. The Bertz CT molecular complexity index is 603. The molecule has 0 unspecified atom stereocenters. The number of rotatable bonds is 1. The van der Waals surface area contributed by atoms with Gasteiger partial charge < -0.3 is 5.43 Å². The number of halogens is 2. The molecule has 1 heterocycles. The maximum atomic E-state index is 13.8. The highest BCUT2D eigenvalue weighted by molar-refractivity contribution is 5.91. The standard InChI is InChI=1S/C13H15F2N3/c1-13(2,3)11-6-10(18-16)8-4-7(14)5-9(15)12(8)17-11/h4-6H,16H2,1-3H3,(H,17,18). The Morgan fingerprint density at radius 1 is 1.17 bits per heavy atom. The summed E-state index contributed by atoms with van der Waals surface area (Å²) in [6.45, 7) is 5.88. The Hall–Kier alpha value is -1.75. The third-order valence-electron chi connectivity index (χ3n) is 2.76. The quantitative estimate of drug-likeness (QED) is 0.605. The van der Waals surface area contributed by atoms with E-state index in [0.29, 0.717) is 16.8 Å². The van der Waals surface area contributed by atoms with E-state index in [-0.39, 0.29) is 10.9 Å². The maximum absolute atomic E-state index is 13.8. The zero-order chi connectivity index (χ0) is 13.5. The van der Waals surface area contributed by atoms with Gasteiger partial charge in [0.05, 0.1) is 5.69 Å². The van der Waals surface area contributed by atoms with E-state index in [2.05, 4.69) is 10.4 Å². The molecule has 0 aliphatic carbocycles. The summed E-state index contributed by atoms with van der Waals surface area (Å²) in [5.41, 5.74) is 3.49. The van der Waals surface area contributed by atoms with E-state index in [9.17, 15) is 8.78 Å². The van der Waals surface area contributed by atoms with Crippen molar-refractivity contribution < 1.29 is 8.78 Å². The van der Waals surface area contributed by atoms with Crippen LogP contribution in [0.3, 0.4) is 0 Å². The Labute approximate surface area is 104 Å². The predicted molar refractivity (Wildman–Crippen MR) is 68.2 cm³/mol. The molecule has 3 nitrogen and oxygen atoms in total. The molecule has 2 rings (SSSR count). The van der Waals surface area contributed by atoms with Crippen LogP contribution < -0.4 is 11.3 Å². The summed E-state index contributed by atoms with van der Waals surface area (Å²) in [6, 6.07) is 3.75. The number of hydrogen-bond donors (Lipinski definition) is 2. The number of aromatic nitrogens is 1. The monoisotopic (exact) mass is 251 g/mol. The third kappa shape index (κ3) is 2.13. The number of pyridine rings is 1. The minimum absolute atomic E-state index is 0.122. The van der Waals surface area contributed by atoms with E-state index >= 15 is 0 Å². The number of nitrogens with one attached hydrogen (secondary N) is 1. The normalized spacial score (nSPS) is 11.9. The molecule has 3 N–H and O–H groups in total. The van der Waals surface area contributed by atoms with Gasteiger partial charge in [0.2, 0.25) is 0 Å². The van der Waals surface area contributed by atoms with Crippen molar-refractivity contribution in [2.75, 3.05) is 5.43 Å². The Kier molecular flexibility index (Phi) is 2.94. The number of nitrogens with two attached hydrogens (primary N) is 1. The molecule has 96 valence electrons. The summed E-state index contributed by atoms with van der Waals surface area (Å²) >= 11 is 0. The Morgan fingerprint density at radius 2 is 1.83 bits per heavy atom. The van der Waals surface area contributed by atoms with Crippen molar-refractivity contribution in [3.05, 3.63) is 35.5 Å². The first-order valence-electron chi connectivity index (χ1n) is 5.60. The van der Waals surface area contributed by atoms with Crippen LogP contribution in [0.15, 0.2) is 18.2 Å². The summed E-state index contributed by atoms with van der Waals surface area (Å²) in [5.74, 6) is 4.07. The smallest absolute Gasteiger partial charge is 0.152 e. The van der Waals surface area contributed by atoms with Crippen LogP contribution in [0.4, 0.5) is 14.5 Å². The molecule has 0 spiro atoms. The largest absolute Gasteiger partial charge is 0.323 e. The first kappa shape index (κ1) is 12.7. The van der Waals surface area contributed by atoms with Crippen LogP contribution >= 0.6 is 0 Å². The van der Waals surface area contributed by atoms with Crippen LogP contribution in [-0.4, -0.2) is 4.98 Å². The second kappa shape index (κ2) is 4.17.